The number of rotatable bonds is 5. The van der Waals surface area contributed by atoms with Crippen LogP contribution in [0.3, 0.4) is 0 Å². The summed E-state index contributed by atoms with van der Waals surface area (Å²) in [5.74, 6) is -0.471. The van der Waals surface area contributed by atoms with Gasteiger partial charge in [0.05, 0.1) is 35.9 Å². The molecule has 1 aromatic carbocycles. The molecule has 170 valence electrons. The number of pyridine rings is 1. The summed E-state index contributed by atoms with van der Waals surface area (Å²) >= 11 is 14.4. The highest BCUT2D eigenvalue weighted by Crippen LogP contribution is 2.47. The van der Waals surface area contributed by atoms with Crippen LogP contribution >= 0.6 is 35.0 Å². The minimum atomic E-state index is -4.27. The minimum absolute atomic E-state index is 0.203. The largest absolute Gasteiger partial charge is 0.495 e. The fourth-order valence-corrected chi connectivity index (χ4v) is 4.46. The lowest BCUT2D eigenvalue weighted by atomic mass is 9.99. The van der Waals surface area contributed by atoms with Crippen LogP contribution in [0.5, 0.6) is 11.5 Å². The van der Waals surface area contributed by atoms with Crippen molar-refractivity contribution in [1.82, 2.24) is 15.0 Å². The molecule has 12 heteroatoms. The van der Waals surface area contributed by atoms with E-state index in [-0.39, 0.29) is 23.1 Å². The van der Waals surface area contributed by atoms with Gasteiger partial charge in [0.15, 0.2) is 11.0 Å². The maximum absolute atomic E-state index is 13.1. The van der Waals surface area contributed by atoms with Crippen LogP contribution in [0, 0.1) is 5.92 Å². The predicted molar refractivity (Wildman–Crippen MR) is 119 cm³/mol. The van der Waals surface area contributed by atoms with Gasteiger partial charge in [-0.2, -0.15) is 13.2 Å². The Labute approximate surface area is 196 Å². The van der Waals surface area contributed by atoms with Crippen molar-refractivity contribution in [3.05, 3.63) is 28.4 Å². The Morgan fingerprint density at radius 1 is 1.06 bits per heavy atom. The standard InChI is InChI=1S/C20H17Cl2F3N4O2S/c1-30-12-5-13(31-2)16(22)14(15(12)21)11-4-9-6-26-19(32-3)28-17(9)18(27-11)29-7-10(8-29)20(23,24)25/h4-6,10H,7-8H2,1-3H3. The molecule has 0 saturated carbocycles. The van der Waals surface area contributed by atoms with Crippen LogP contribution in [0.4, 0.5) is 19.0 Å². The molecule has 2 aromatic heterocycles. The SMILES string of the molecule is COc1cc(OC)c(Cl)c(-c2cc3cnc(SC)nc3c(N3CC(C(F)(F)F)C3)n2)c1Cl. The fourth-order valence-electron chi connectivity index (χ4n) is 3.42. The molecule has 6 nitrogen and oxygen atoms in total. The summed E-state index contributed by atoms with van der Waals surface area (Å²) < 4.78 is 49.9. The number of methoxy groups -OCH3 is 2. The maximum atomic E-state index is 13.1. The average molecular weight is 505 g/mol. The minimum Gasteiger partial charge on any atom is -0.495 e. The van der Waals surface area contributed by atoms with E-state index in [1.54, 1.807) is 23.2 Å². The molecule has 0 amide bonds. The van der Waals surface area contributed by atoms with Gasteiger partial charge >= 0.3 is 6.18 Å². The molecular formula is C20H17Cl2F3N4O2S. The van der Waals surface area contributed by atoms with Gasteiger partial charge in [-0.05, 0) is 12.3 Å². The van der Waals surface area contributed by atoms with E-state index in [1.165, 1.54) is 26.0 Å². The van der Waals surface area contributed by atoms with E-state index >= 15 is 0 Å². The molecule has 0 N–H and O–H groups in total. The first-order chi connectivity index (χ1) is 15.2. The summed E-state index contributed by atoms with van der Waals surface area (Å²) in [6.45, 7) is -0.424. The van der Waals surface area contributed by atoms with Crippen LogP contribution in [-0.4, -0.2) is 54.7 Å². The second kappa shape index (κ2) is 8.64. The Kier molecular flexibility index (Phi) is 6.21. The zero-order valence-electron chi connectivity index (χ0n) is 17.1. The van der Waals surface area contributed by atoms with Crippen LogP contribution < -0.4 is 14.4 Å². The van der Waals surface area contributed by atoms with E-state index in [9.17, 15) is 13.2 Å². The zero-order valence-corrected chi connectivity index (χ0v) is 19.5. The van der Waals surface area contributed by atoms with Crippen molar-refractivity contribution in [3.8, 4) is 22.8 Å². The number of thioether (sulfide) groups is 1. The summed E-state index contributed by atoms with van der Waals surface area (Å²) in [6.07, 6.45) is -0.854. The lowest BCUT2D eigenvalue weighted by Gasteiger charge is -2.41. The van der Waals surface area contributed by atoms with Crippen LogP contribution in [0.25, 0.3) is 22.2 Å². The number of alkyl halides is 3. The maximum Gasteiger partial charge on any atom is 0.395 e. The molecule has 1 aliphatic heterocycles. The van der Waals surface area contributed by atoms with Gasteiger partial charge in [0.1, 0.15) is 17.0 Å². The Hall–Kier alpha value is -2.17. The topological polar surface area (TPSA) is 60.4 Å². The molecule has 3 heterocycles. The predicted octanol–water partition coefficient (Wildman–Crippen LogP) is 5.74. The quantitative estimate of drug-likeness (QED) is 0.324. The van der Waals surface area contributed by atoms with E-state index in [2.05, 4.69) is 15.0 Å². The molecule has 0 spiro atoms. The van der Waals surface area contributed by atoms with Crippen molar-refractivity contribution in [2.24, 2.45) is 5.92 Å². The van der Waals surface area contributed by atoms with Crippen LogP contribution in [0.2, 0.25) is 10.0 Å². The molecule has 0 atom stereocenters. The molecule has 0 radical (unpaired) electrons. The number of anilines is 1. The van der Waals surface area contributed by atoms with Crippen molar-refractivity contribution in [2.75, 3.05) is 38.5 Å². The van der Waals surface area contributed by atoms with Gasteiger partial charge in [0.2, 0.25) is 0 Å². The first-order valence-corrected chi connectivity index (χ1v) is 11.3. The molecule has 0 aliphatic carbocycles. The Balaban J connectivity index is 1.92. The summed E-state index contributed by atoms with van der Waals surface area (Å²) in [6, 6.07) is 3.24. The van der Waals surface area contributed by atoms with Gasteiger partial charge in [0.25, 0.3) is 0 Å². The van der Waals surface area contributed by atoms with E-state index in [4.69, 9.17) is 32.7 Å². The smallest absolute Gasteiger partial charge is 0.395 e. The molecule has 0 bridgehead atoms. The highest BCUT2D eigenvalue weighted by atomic mass is 35.5. The second-order valence-electron chi connectivity index (χ2n) is 7.05. The lowest BCUT2D eigenvalue weighted by molar-refractivity contribution is -0.180. The molecule has 0 unspecified atom stereocenters. The third kappa shape index (κ3) is 3.99. The first kappa shape index (κ1) is 23.0. The Bertz CT molecular complexity index is 1160. The summed E-state index contributed by atoms with van der Waals surface area (Å²) in [5, 5.41) is 1.48. The van der Waals surface area contributed by atoms with Gasteiger partial charge in [-0.25, -0.2) is 15.0 Å². The average Bonchev–Trinajstić information content (AvgIpc) is 2.71. The van der Waals surface area contributed by atoms with E-state index < -0.39 is 12.1 Å². The molecule has 1 fully saturated rings. The Morgan fingerprint density at radius 3 is 2.22 bits per heavy atom. The van der Waals surface area contributed by atoms with Crippen LogP contribution in [-0.2, 0) is 0 Å². The van der Waals surface area contributed by atoms with Gasteiger partial charge in [-0.15, -0.1) is 0 Å². The number of benzene rings is 1. The van der Waals surface area contributed by atoms with Gasteiger partial charge in [-0.1, -0.05) is 35.0 Å². The van der Waals surface area contributed by atoms with Crippen LogP contribution in [0.1, 0.15) is 0 Å². The Morgan fingerprint density at radius 2 is 1.69 bits per heavy atom. The first-order valence-electron chi connectivity index (χ1n) is 9.31. The van der Waals surface area contributed by atoms with Gasteiger partial charge in [0, 0.05) is 36.3 Å². The third-order valence-corrected chi connectivity index (χ3v) is 6.49. The highest BCUT2D eigenvalue weighted by molar-refractivity contribution is 7.98. The number of aromatic nitrogens is 3. The van der Waals surface area contributed by atoms with Gasteiger partial charge in [-0.3, -0.25) is 0 Å². The van der Waals surface area contributed by atoms with Crippen molar-refractivity contribution in [1.29, 1.82) is 0 Å². The second-order valence-corrected chi connectivity index (χ2v) is 8.58. The number of hydrogen-bond donors (Lipinski definition) is 0. The molecular weight excluding hydrogens is 488 g/mol. The summed E-state index contributed by atoms with van der Waals surface area (Å²) in [4.78, 5) is 14.9. The number of ether oxygens (including phenoxy) is 2. The third-order valence-electron chi connectivity index (χ3n) is 5.18. The van der Waals surface area contributed by atoms with Crippen molar-refractivity contribution >= 4 is 51.7 Å². The van der Waals surface area contributed by atoms with E-state index in [0.717, 1.165) is 0 Å². The zero-order chi connectivity index (χ0) is 23.2. The monoisotopic (exact) mass is 504 g/mol. The number of fused-ring (bicyclic) bond motifs is 1. The fraction of sp³-hybridized carbons (Fsp3) is 0.350. The van der Waals surface area contributed by atoms with Crippen molar-refractivity contribution < 1.29 is 22.6 Å². The van der Waals surface area contributed by atoms with E-state index in [1.807, 2.05) is 6.26 Å². The number of halogens is 5. The van der Waals surface area contributed by atoms with Gasteiger partial charge < -0.3 is 14.4 Å². The molecule has 1 aliphatic rings. The van der Waals surface area contributed by atoms with Crippen molar-refractivity contribution in [2.45, 2.75) is 11.3 Å². The molecule has 1 saturated heterocycles. The molecule has 32 heavy (non-hydrogen) atoms. The number of hydrogen-bond acceptors (Lipinski definition) is 7. The number of nitrogens with zero attached hydrogens (tertiary/aromatic N) is 4. The normalized spacial score (nSPS) is 14.6. The highest BCUT2D eigenvalue weighted by Gasteiger charge is 2.48. The lowest BCUT2D eigenvalue weighted by Crippen LogP contribution is -2.53. The summed E-state index contributed by atoms with van der Waals surface area (Å²) in [5.41, 5.74) is 1.14. The van der Waals surface area contributed by atoms with E-state index in [0.29, 0.717) is 44.6 Å². The molecule has 3 aromatic rings. The summed E-state index contributed by atoms with van der Waals surface area (Å²) in [7, 11) is 2.90. The van der Waals surface area contributed by atoms with Crippen molar-refractivity contribution in [3.63, 3.8) is 0 Å². The van der Waals surface area contributed by atoms with Crippen LogP contribution in [0.15, 0.2) is 23.5 Å². The molecule has 4 rings (SSSR count).